The molecule has 0 saturated carbocycles. The molecule has 0 bridgehead atoms. The van der Waals surface area contributed by atoms with Gasteiger partial charge in [0.15, 0.2) is 0 Å². The van der Waals surface area contributed by atoms with Crippen LogP contribution < -0.4 is 5.32 Å². The fraction of sp³-hybridized carbons (Fsp3) is 0.700. The van der Waals surface area contributed by atoms with Crippen molar-refractivity contribution in [2.75, 3.05) is 19.7 Å². The number of rotatable bonds is 7. The van der Waals surface area contributed by atoms with Gasteiger partial charge in [0.25, 0.3) is 0 Å². The molecule has 0 amide bonds. The number of nitrogens with one attached hydrogen (secondary N) is 1. The van der Waals surface area contributed by atoms with Crippen molar-refractivity contribution >= 4 is 5.97 Å². The predicted molar refractivity (Wildman–Crippen MR) is 54.9 cm³/mol. The second-order valence-electron chi connectivity index (χ2n) is 3.00. The molecule has 0 rings (SSSR count). The average Bonchev–Trinajstić information content (AvgIpc) is 2.11. The average molecular weight is 201 g/mol. The van der Waals surface area contributed by atoms with E-state index >= 15 is 0 Å². The van der Waals surface area contributed by atoms with Crippen molar-refractivity contribution < 1.29 is 14.6 Å². The van der Waals surface area contributed by atoms with Gasteiger partial charge in [0.05, 0.1) is 12.7 Å². The van der Waals surface area contributed by atoms with Crippen LogP contribution in [0.1, 0.15) is 20.3 Å². The van der Waals surface area contributed by atoms with Gasteiger partial charge in [-0.25, -0.2) is 4.79 Å². The third-order valence-electron chi connectivity index (χ3n) is 1.54. The number of esters is 1. The van der Waals surface area contributed by atoms with Crippen molar-refractivity contribution in [2.24, 2.45) is 0 Å². The Morgan fingerprint density at radius 3 is 2.93 bits per heavy atom. The minimum Gasteiger partial charge on any atom is -0.463 e. The topological polar surface area (TPSA) is 58.6 Å². The zero-order valence-corrected chi connectivity index (χ0v) is 8.82. The van der Waals surface area contributed by atoms with Crippen LogP contribution in [-0.2, 0) is 9.53 Å². The number of hydrogen-bond donors (Lipinski definition) is 2. The molecule has 0 aliphatic heterocycles. The summed E-state index contributed by atoms with van der Waals surface area (Å²) in [5.74, 6) is -0.315. The maximum Gasteiger partial charge on any atom is 0.330 e. The van der Waals surface area contributed by atoms with Gasteiger partial charge < -0.3 is 15.2 Å². The lowest BCUT2D eigenvalue weighted by molar-refractivity contribution is -0.137. The molecule has 0 saturated heterocycles. The first-order valence-electron chi connectivity index (χ1n) is 4.89. The van der Waals surface area contributed by atoms with Crippen LogP contribution in [0.15, 0.2) is 12.2 Å². The monoisotopic (exact) mass is 201 g/mol. The van der Waals surface area contributed by atoms with Crippen molar-refractivity contribution in [3.8, 4) is 0 Å². The van der Waals surface area contributed by atoms with E-state index in [1.54, 1.807) is 19.9 Å². The Morgan fingerprint density at radius 2 is 2.36 bits per heavy atom. The Balaban J connectivity index is 3.30. The van der Waals surface area contributed by atoms with Crippen LogP contribution in [-0.4, -0.2) is 36.9 Å². The quantitative estimate of drug-likeness (QED) is 0.357. The van der Waals surface area contributed by atoms with E-state index in [2.05, 4.69) is 5.32 Å². The summed E-state index contributed by atoms with van der Waals surface area (Å²) in [7, 11) is 0. The largest absolute Gasteiger partial charge is 0.463 e. The standard InChI is InChI=1S/C10H19NO3/c1-3-14-10(13)5-4-7-11-8-6-9(2)12/h4-5,9,11-12H,3,6-8H2,1-2H3/b5-4+. The number of hydrogen-bond acceptors (Lipinski definition) is 4. The molecule has 0 aromatic rings. The molecule has 2 N–H and O–H groups in total. The molecule has 14 heavy (non-hydrogen) atoms. The Bertz CT molecular complexity index is 178. The Morgan fingerprint density at radius 1 is 1.64 bits per heavy atom. The van der Waals surface area contributed by atoms with Gasteiger partial charge in [-0.05, 0) is 26.8 Å². The van der Waals surface area contributed by atoms with Gasteiger partial charge in [0, 0.05) is 12.6 Å². The van der Waals surface area contributed by atoms with Gasteiger partial charge in [0.2, 0.25) is 0 Å². The smallest absolute Gasteiger partial charge is 0.330 e. The van der Waals surface area contributed by atoms with Crippen molar-refractivity contribution in [2.45, 2.75) is 26.4 Å². The van der Waals surface area contributed by atoms with Crippen LogP contribution in [0.3, 0.4) is 0 Å². The molecule has 4 nitrogen and oxygen atoms in total. The summed E-state index contributed by atoms with van der Waals surface area (Å²) >= 11 is 0. The molecular weight excluding hydrogens is 182 g/mol. The first-order chi connectivity index (χ1) is 6.66. The lowest BCUT2D eigenvalue weighted by Gasteiger charge is -2.03. The van der Waals surface area contributed by atoms with E-state index in [-0.39, 0.29) is 12.1 Å². The highest BCUT2D eigenvalue weighted by molar-refractivity contribution is 5.81. The van der Waals surface area contributed by atoms with Gasteiger partial charge in [-0.3, -0.25) is 0 Å². The minimum absolute atomic E-state index is 0.281. The Hall–Kier alpha value is -0.870. The first kappa shape index (κ1) is 13.1. The molecule has 0 aliphatic carbocycles. The SMILES string of the molecule is CCOC(=O)/C=C/CNCCC(C)O. The fourth-order valence-electron chi connectivity index (χ4n) is 0.842. The maximum absolute atomic E-state index is 10.8. The summed E-state index contributed by atoms with van der Waals surface area (Å²) in [5, 5.41) is 12.0. The molecule has 0 heterocycles. The van der Waals surface area contributed by atoms with Crippen LogP contribution in [0, 0.1) is 0 Å². The van der Waals surface area contributed by atoms with Gasteiger partial charge >= 0.3 is 5.97 Å². The van der Waals surface area contributed by atoms with Crippen molar-refractivity contribution in [3.05, 3.63) is 12.2 Å². The summed E-state index contributed by atoms with van der Waals surface area (Å²) in [6.07, 6.45) is 3.54. The third kappa shape index (κ3) is 9.22. The summed E-state index contributed by atoms with van der Waals surface area (Å²) in [4.78, 5) is 10.8. The number of aliphatic hydroxyl groups excluding tert-OH is 1. The zero-order chi connectivity index (χ0) is 10.8. The third-order valence-corrected chi connectivity index (χ3v) is 1.54. The fourth-order valence-corrected chi connectivity index (χ4v) is 0.842. The van der Waals surface area contributed by atoms with E-state index in [1.807, 2.05) is 0 Å². The maximum atomic E-state index is 10.8. The first-order valence-corrected chi connectivity index (χ1v) is 4.89. The molecule has 0 aliphatic rings. The van der Waals surface area contributed by atoms with Gasteiger partial charge in [-0.2, -0.15) is 0 Å². The number of carbonyl (C=O) groups is 1. The molecule has 0 fully saturated rings. The highest BCUT2D eigenvalue weighted by Crippen LogP contribution is 1.85. The molecule has 0 aromatic carbocycles. The van der Waals surface area contributed by atoms with Crippen molar-refractivity contribution in [1.82, 2.24) is 5.32 Å². The van der Waals surface area contributed by atoms with Crippen molar-refractivity contribution in [1.29, 1.82) is 0 Å². The molecular formula is C10H19NO3. The van der Waals surface area contributed by atoms with E-state index in [0.717, 1.165) is 6.54 Å². The molecule has 0 radical (unpaired) electrons. The lowest BCUT2D eigenvalue weighted by atomic mass is 10.3. The van der Waals surface area contributed by atoms with Crippen LogP contribution in [0.25, 0.3) is 0 Å². The van der Waals surface area contributed by atoms with Gasteiger partial charge in [0.1, 0.15) is 0 Å². The van der Waals surface area contributed by atoms with Gasteiger partial charge in [-0.15, -0.1) is 0 Å². The lowest BCUT2D eigenvalue weighted by Crippen LogP contribution is -2.19. The van der Waals surface area contributed by atoms with E-state index < -0.39 is 0 Å². The molecule has 0 spiro atoms. The van der Waals surface area contributed by atoms with Gasteiger partial charge in [-0.1, -0.05) is 6.08 Å². The highest BCUT2D eigenvalue weighted by atomic mass is 16.5. The Labute approximate surface area is 85.0 Å². The molecule has 82 valence electrons. The van der Waals surface area contributed by atoms with Crippen LogP contribution in [0.4, 0.5) is 0 Å². The van der Waals surface area contributed by atoms with E-state index in [0.29, 0.717) is 19.6 Å². The summed E-state index contributed by atoms with van der Waals surface area (Å²) in [6.45, 7) is 5.28. The second-order valence-corrected chi connectivity index (χ2v) is 3.00. The summed E-state index contributed by atoms with van der Waals surface area (Å²) in [5.41, 5.74) is 0. The molecule has 1 unspecified atom stereocenters. The zero-order valence-electron chi connectivity index (χ0n) is 8.82. The van der Waals surface area contributed by atoms with Crippen LogP contribution in [0.5, 0.6) is 0 Å². The van der Waals surface area contributed by atoms with E-state index in [9.17, 15) is 4.79 Å². The highest BCUT2D eigenvalue weighted by Gasteiger charge is 1.94. The van der Waals surface area contributed by atoms with Crippen LogP contribution >= 0.6 is 0 Å². The van der Waals surface area contributed by atoms with E-state index in [4.69, 9.17) is 9.84 Å². The summed E-state index contributed by atoms with van der Waals surface area (Å²) < 4.78 is 4.69. The minimum atomic E-state index is -0.315. The number of ether oxygens (including phenoxy) is 1. The second kappa shape index (κ2) is 8.72. The number of carbonyl (C=O) groups excluding carboxylic acids is 1. The van der Waals surface area contributed by atoms with Crippen LogP contribution in [0.2, 0.25) is 0 Å². The normalized spacial score (nSPS) is 13.1. The Kier molecular flexibility index (Phi) is 8.17. The predicted octanol–water partition coefficient (Wildman–Crippen LogP) is 0.466. The molecule has 1 atom stereocenters. The molecule has 4 heteroatoms. The van der Waals surface area contributed by atoms with Crippen molar-refractivity contribution in [3.63, 3.8) is 0 Å². The summed E-state index contributed by atoms with van der Waals surface area (Å²) in [6, 6.07) is 0. The van der Waals surface area contributed by atoms with E-state index in [1.165, 1.54) is 6.08 Å². The molecule has 0 aromatic heterocycles. The number of aliphatic hydroxyl groups is 1.